The Balaban J connectivity index is 1.34. The van der Waals surface area contributed by atoms with Gasteiger partial charge in [0.05, 0.1) is 27.1 Å². The summed E-state index contributed by atoms with van der Waals surface area (Å²) in [4.78, 5) is 26.8. The molecule has 0 saturated heterocycles. The lowest BCUT2D eigenvalue weighted by molar-refractivity contribution is 0.0799. The van der Waals surface area contributed by atoms with Crippen molar-refractivity contribution in [3.8, 4) is 0 Å². The van der Waals surface area contributed by atoms with Gasteiger partial charge in [-0.1, -0.05) is 23.8 Å². The van der Waals surface area contributed by atoms with Crippen LogP contribution in [-0.2, 0) is 0 Å². The fourth-order valence-electron chi connectivity index (χ4n) is 2.87. The highest BCUT2D eigenvalue weighted by atomic mass is 35.5. The van der Waals surface area contributed by atoms with Crippen molar-refractivity contribution in [3.05, 3.63) is 75.2 Å². The molecule has 3 N–H and O–H groups in total. The highest BCUT2D eigenvalue weighted by Crippen LogP contribution is 2.21. The van der Waals surface area contributed by atoms with Gasteiger partial charge < -0.3 is 15.6 Å². The molecule has 2 amide bonds. The van der Waals surface area contributed by atoms with Crippen molar-refractivity contribution in [1.29, 1.82) is 0 Å². The molecule has 2 aliphatic heterocycles. The largest absolute Gasteiger partial charge is 0.346 e. The molecule has 9 heteroatoms. The predicted octanol–water partition coefficient (Wildman–Crippen LogP) is 2.51. The van der Waals surface area contributed by atoms with Gasteiger partial charge in [0.2, 0.25) is 0 Å². The molecule has 0 unspecified atom stereocenters. The number of halogens is 1. The highest BCUT2D eigenvalue weighted by molar-refractivity contribution is 7.18. The minimum absolute atomic E-state index is 0.0247. The van der Waals surface area contributed by atoms with Crippen LogP contribution >= 0.6 is 22.9 Å². The van der Waals surface area contributed by atoms with Crippen molar-refractivity contribution < 1.29 is 9.59 Å². The van der Waals surface area contributed by atoms with Gasteiger partial charge in [0.15, 0.2) is 0 Å². The Kier molecular flexibility index (Phi) is 5.34. The van der Waals surface area contributed by atoms with E-state index in [-0.39, 0.29) is 11.8 Å². The summed E-state index contributed by atoms with van der Waals surface area (Å²) >= 11 is 7.10. The molecule has 1 aromatic heterocycles. The van der Waals surface area contributed by atoms with E-state index in [4.69, 9.17) is 11.6 Å². The zero-order valence-electron chi connectivity index (χ0n) is 14.8. The van der Waals surface area contributed by atoms with Gasteiger partial charge >= 0.3 is 0 Å². The standard InChI is InChI=1S/C19H18ClN5O2S/c20-17-8-7-16(28-17)18(26)21-11-14-12-25(23-22-14)15-5-3-13(4-6-15)19(27)24-9-1-2-10-24/h1-8,12,22-23H,9-11H2,(H,21,26). The molecular weight excluding hydrogens is 398 g/mol. The molecule has 0 saturated carbocycles. The third-order valence-corrected chi connectivity index (χ3v) is 5.59. The van der Waals surface area contributed by atoms with E-state index in [0.29, 0.717) is 34.4 Å². The summed E-state index contributed by atoms with van der Waals surface area (Å²) < 4.78 is 0.583. The number of thiophene rings is 1. The molecule has 0 spiro atoms. The van der Waals surface area contributed by atoms with Crippen LogP contribution in [0.3, 0.4) is 0 Å². The van der Waals surface area contributed by atoms with Gasteiger partial charge in [0, 0.05) is 24.9 Å². The number of hydrazine groups is 2. The van der Waals surface area contributed by atoms with E-state index >= 15 is 0 Å². The summed E-state index contributed by atoms with van der Waals surface area (Å²) in [7, 11) is 0. The van der Waals surface area contributed by atoms with Crippen LogP contribution in [0, 0.1) is 0 Å². The van der Waals surface area contributed by atoms with Crippen molar-refractivity contribution in [1.82, 2.24) is 21.2 Å². The molecule has 1 aromatic carbocycles. The molecule has 0 radical (unpaired) electrons. The van der Waals surface area contributed by atoms with Gasteiger partial charge in [-0.25, -0.2) is 0 Å². The summed E-state index contributed by atoms with van der Waals surface area (Å²) in [5.74, 6) is -0.144. The summed E-state index contributed by atoms with van der Waals surface area (Å²) in [6.07, 6.45) is 5.83. The van der Waals surface area contributed by atoms with Crippen LogP contribution in [-0.4, -0.2) is 36.3 Å². The van der Waals surface area contributed by atoms with E-state index in [1.165, 1.54) is 11.3 Å². The maximum atomic E-state index is 12.4. The maximum absolute atomic E-state index is 12.4. The molecule has 0 atom stereocenters. The Morgan fingerprint density at radius 3 is 2.54 bits per heavy atom. The highest BCUT2D eigenvalue weighted by Gasteiger charge is 2.18. The Labute approximate surface area is 171 Å². The average molecular weight is 416 g/mol. The predicted molar refractivity (Wildman–Crippen MR) is 110 cm³/mol. The Morgan fingerprint density at radius 1 is 1.11 bits per heavy atom. The number of hydrogen-bond acceptors (Lipinski definition) is 6. The number of carbonyl (C=O) groups is 2. The van der Waals surface area contributed by atoms with Crippen molar-refractivity contribution in [2.24, 2.45) is 0 Å². The van der Waals surface area contributed by atoms with Crippen LogP contribution in [0.15, 0.2) is 60.4 Å². The van der Waals surface area contributed by atoms with Crippen LogP contribution in [0.1, 0.15) is 20.0 Å². The fourth-order valence-corrected chi connectivity index (χ4v) is 3.83. The number of amides is 2. The molecule has 0 aliphatic carbocycles. The van der Waals surface area contributed by atoms with Crippen molar-refractivity contribution in [2.45, 2.75) is 0 Å². The molecular formula is C19H18ClN5O2S. The SMILES string of the molecule is O=C(NCC1=CN(c2ccc(C(=O)N3CC=CC3)cc2)NN1)c1ccc(Cl)s1. The first kappa shape index (κ1) is 18.5. The van der Waals surface area contributed by atoms with Gasteiger partial charge in [-0.3, -0.25) is 14.6 Å². The lowest BCUT2D eigenvalue weighted by Crippen LogP contribution is -2.38. The van der Waals surface area contributed by atoms with Gasteiger partial charge in [-0.05, 0) is 36.4 Å². The van der Waals surface area contributed by atoms with Crippen LogP contribution < -0.4 is 21.3 Å². The van der Waals surface area contributed by atoms with Crippen LogP contribution in [0.2, 0.25) is 4.34 Å². The molecule has 28 heavy (non-hydrogen) atoms. The van der Waals surface area contributed by atoms with Crippen molar-refractivity contribution >= 4 is 40.4 Å². The van der Waals surface area contributed by atoms with Gasteiger partial charge in [-0.2, -0.15) is 0 Å². The number of hydrogen-bond donors (Lipinski definition) is 3. The molecule has 7 nitrogen and oxygen atoms in total. The summed E-state index contributed by atoms with van der Waals surface area (Å²) in [5, 5.41) is 4.63. The lowest BCUT2D eigenvalue weighted by Gasteiger charge is -2.17. The molecule has 3 heterocycles. The minimum atomic E-state index is -0.169. The Morgan fingerprint density at radius 2 is 1.86 bits per heavy atom. The molecule has 0 bridgehead atoms. The first-order valence-electron chi connectivity index (χ1n) is 8.69. The summed E-state index contributed by atoms with van der Waals surface area (Å²) in [5.41, 5.74) is 8.36. The van der Waals surface area contributed by atoms with E-state index in [1.54, 1.807) is 22.0 Å². The first-order chi connectivity index (χ1) is 13.6. The van der Waals surface area contributed by atoms with Crippen LogP contribution in [0.5, 0.6) is 0 Å². The van der Waals surface area contributed by atoms with Gasteiger partial charge in [-0.15, -0.1) is 16.9 Å². The van der Waals surface area contributed by atoms with E-state index in [1.807, 2.05) is 42.6 Å². The van der Waals surface area contributed by atoms with Gasteiger partial charge in [0.1, 0.15) is 0 Å². The quantitative estimate of drug-likeness (QED) is 0.654. The zero-order valence-corrected chi connectivity index (χ0v) is 16.4. The van der Waals surface area contributed by atoms with E-state index < -0.39 is 0 Å². The third-order valence-electron chi connectivity index (χ3n) is 4.36. The second-order valence-corrected chi connectivity index (χ2v) is 7.99. The number of rotatable bonds is 5. The third kappa shape index (κ3) is 4.04. The van der Waals surface area contributed by atoms with Crippen LogP contribution in [0.4, 0.5) is 5.69 Å². The monoisotopic (exact) mass is 415 g/mol. The minimum Gasteiger partial charge on any atom is -0.346 e. The normalized spacial score (nSPS) is 15.5. The Hall–Kier alpha value is -2.81. The maximum Gasteiger partial charge on any atom is 0.261 e. The van der Waals surface area contributed by atoms with Crippen LogP contribution in [0.25, 0.3) is 0 Å². The molecule has 144 valence electrons. The lowest BCUT2D eigenvalue weighted by atomic mass is 10.2. The molecule has 4 rings (SSSR count). The van der Waals surface area contributed by atoms with E-state index in [9.17, 15) is 9.59 Å². The molecule has 2 aromatic rings. The molecule has 2 aliphatic rings. The summed E-state index contributed by atoms with van der Waals surface area (Å²) in [6, 6.07) is 10.8. The summed E-state index contributed by atoms with van der Waals surface area (Å²) in [6.45, 7) is 1.66. The number of anilines is 1. The van der Waals surface area contributed by atoms with Crippen molar-refractivity contribution in [3.63, 3.8) is 0 Å². The van der Waals surface area contributed by atoms with Gasteiger partial charge in [0.25, 0.3) is 11.8 Å². The first-order valence-corrected chi connectivity index (χ1v) is 9.89. The van der Waals surface area contributed by atoms with Crippen molar-refractivity contribution in [2.75, 3.05) is 24.6 Å². The smallest absolute Gasteiger partial charge is 0.261 e. The number of nitrogens with zero attached hydrogens (tertiary/aromatic N) is 2. The van der Waals surface area contributed by atoms with E-state index in [0.717, 1.165) is 11.4 Å². The number of nitrogens with one attached hydrogen (secondary N) is 3. The van der Waals surface area contributed by atoms with E-state index in [2.05, 4.69) is 16.3 Å². The topological polar surface area (TPSA) is 76.7 Å². The number of benzene rings is 1. The Bertz CT molecular complexity index is 945. The second kappa shape index (κ2) is 8.05. The zero-order chi connectivity index (χ0) is 19.5. The number of carbonyl (C=O) groups excluding carboxylic acids is 2. The molecule has 0 fully saturated rings. The second-order valence-electron chi connectivity index (χ2n) is 6.28. The fraction of sp³-hybridized carbons (Fsp3) is 0.158. The average Bonchev–Trinajstić information content (AvgIpc) is 3.47.